The molecule has 20 heavy (non-hydrogen) atoms. The molecule has 0 N–H and O–H groups in total. The van der Waals surface area contributed by atoms with E-state index in [0.29, 0.717) is 25.1 Å². The highest BCUT2D eigenvalue weighted by Crippen LogP contribution is 2.21. The Morgan fingerprint density at radius 2 is 2.10 bits per heavy atom. The van der Waals surface area contributed by atoms with E-state index in [2.05, 4.69) is 4.74 Å². The fourth-order valence-electron chi connectivity index (χ4n) is 2.04. The Balaban J connectivity index is 2.08. The molecule has 1 aromatic rings. The van der Waals surface area contributed by atoms with Gasteiger partial charge < -0.3 is 9.64 Å². The summed E-state index contributed by atoms with van der Waals surface area (Å²) < 4.78 is 18.4. The number of hydrogen-bond donors (Lipinski definition) is 0. The normalized spacial score (nSPS) is 13.8. The average Bonchev–Trinajstić information content (AvgIpc) is 2.42. The molecule has 5 heteroatoms. The van der Waals surface area contributed by atoms with Crippen molar-refractivity contribution in [3.63, 3.8) is 0 Å². The minimum atomic E-state index is -0.563. The number of carbonyl (C=O) groups excluding carboxylic acids is 2. The maximum absolute atomic E-state index is 13.9. The molecule has 1 fully saturated rings. The number of amides is 1. The van der Waals surface area contributed by atoms with Gasteiger partial charge in [-0.05, 0) is 23.8 Å². The number of rotatable bonds is 3. The maximum atomic E-state index is 13.9. The number of methoxy groups -OCH3 is 1. The van der Waals surface area contributed by atoms with Crippen molar-refractivity contribution in [2.24, 2.45) is 0 Å². The van der Waals surface area contributed by atoms with Crippen LogP contribution in [0.4, 0.5) is 4.39 Å². The lowest BCUT2D eigenvalue weighted by Gasteiger charge is -2.34. The van der Waals surface area contributed by atoms with Crippen molar-refractivity contribution in [2.75, 3.05) is 20.2 Å². The Labute approximate surface area is 116 Å². The van der Waals surface area contributed by atoms with E-state index in [9.17, 15) is 14.0 Å². The Hall–Kier alpha value is -2.17. The van der Waals surface area contributed by atoms with Crippen molar-refractivity contribution in [1.29, 1.82) is 0 Å². The van der Waals surface area contributed by atoms with Crippen LogP contribution in [0.15, 0.2) is 23.8 Å². The number of nitrogens with zero attached hydrogens (tertiary/aromatic N) is 1. The van der Waals surface area contributed by atoms with Crippen molar-refractivity contribution < 1.29 is 18.7 Å². The van der Waals surface area contributed by atoms with E-state index in [1.807, 2.05) is 6.92 Å². The van der Waals surface area contributed by atoms with Crippen molar-refractivity contribution in [3.05, 3.63) is 40.7 Å². The number of likely N-dealkylation sites (tertiary alicyclic amines) is 1. The molecule has 0 saturated carbocycles. The predicted molar refractivity (Wildman–Crippen MR) is 72.6 cm³/mol. The quantitative estimate of drug-likeness (QED) is 0.796. The second-order valence-electron chi connectivity index (χ2n) is 4.63. The summed E-state index contributed by atoms with van der Waals surface area (Å²) in [4.78, 5) is 24.4. The largest absolute Gasteiger partial charge is 0.465 e. The van der Waals surface area contributed by atoms with Crippen LogP contribution in [0.1, 0.15) is 29.3 Å². The lowest BCUT2D eigenvalue weighted by atomic mass is 10.0. The van der Waals surface area contributed by atoms with Gasteiger partial charge in [0, 0.05) is 25.1 Å². The van der Waals surface area contributed by atoms with E-state index >= 15 is 0 Å². The van der Waals surface area contributed by atoms with Gasteiger partial charge in [0.1, 0.15) is 5.82 Å². The zero-order valence-corrected chi connectivity index (χ0v) is 11.5. The third-order valence-corrected chi connectivity index (χ3v) is 3.22. The second kappa shape index (κ2) is 5.86. The lowest BCUT2D eigenvalue weighted by Crippen LogP contribution is -2.43. The van der Waals surface area contributed by atoms with Crippen molar-refractivity contribution in [2.45, 2.75) is 13.3 Å². The molecular formula is C15H16FNO3. The molecule has 1 heterocycles. The monoisotopic (exact) mass is 277 g/mol. The summed E-state index contributed by atoms with van der Waals surface area (Å²) >= 11 is 0. The van der Waals surface area contributed by atoms with E-state index < -0.39 is 11.8 Å². The van der Waals surface area contributed by atoms with Crippen LogP contribution in [-0.4, -0.2) is 37.0 Å². The summed E-state index contributed by atoms with van der Waals surface area (Å²) in [5.74, 6) is -0.934. The molecule has 0 aromatic heterocycles. The van der Waals surface area contributed by atoms with Gasteiger partial charge in [-0.3, -0.25) is 4.79 Å². The SMILES string of the molecule is CCC(=O)N1CC(=Cc2ccc(C(=O)OC)cc2F)C1. The standard InChI is InChI=1S/C15H16FNO3/c1-3-14(18)17-8-10(9-17)6-11-4-5-12(7-13(11)16)15(19)20-2/h4-7H,3,8-9H2,1-2H3. The molecule has 4 nitrogen and oxygen atoms in total. The van der Waals surface area contributed by atoms with Gasteiger partial charge in [-0.2, -0.15) is 0 Å². The van der Waals surface area contributed by atoms with E-state index in [4.69, 9.17) is 0 Å². The molecule has 0 radical (unpaired) electrons. The topological polar surface area (TPSA) is 46.6 Å². The molecule has 1 amide bonds. The maximum Gasteiger partial charge on any atom is 0.337 e. The van der Waals surface area contributed by atoms with Gasteiger partial charge in [0.15, 0.2) is 0 Å². The molecule has 1 aliphatic rings. The number of ether oxygens (including phenoxy) is 1. The van der Waals surface area contributed by atoms with Gasteiger partial charge >= 0.3 is 5.97 Å². The predicted octanol–water partition coefficient (Wildman–Crippen LogP) is 2.25. The van der Waals surface area contributed by atoms with Gasteiger partial charge in [0.05, 0.1) is 12.7 Å². The number of carbonyl (C=O) groups is 2. The molecule has 0 bridgehead atoms. The van der Waals surface area contributed by atoms with Crippen LogP contribution in [0.3, 0.4) is 0 Å². The molecule has 1 aromatic carbocycles. The molecule has 0 aliphatic carbocycles. The van der Waals surface area contributed by atoms with Crippen LogP contribution < -0.4 is 0 Å². The van der Waals surface area contributed by atoms with Gasteiger partial charge in [-0.15, -0.1) is 0 Å². The van der Waals surface area contributed by atoms with Crippen molar-refractivity contribution in [1.82, 2.24) is 4.90 Å². The van der Waals surface area contributed by atoms with Gasteiger partial charge in [0.2, 0.25) is 5.91 Å². The smallest absolute Gasteiger partial charge is 0.337 e. The summed E-state index contributed by atoms with van der Waals surface area (Å²) in [6.45, 7) is 2.91. The summed E-state index contributed by atoms with van der Waals surface area (Å²) in [5.41, 5.74) is 1.59. The first-order valence-corrected chi connectivity index (χ1v) is 6.40. The minimum Gasteiger partial charge on any atom is -0.465 e. The highest BCUT2D eigenvalue weighted by molar-refractivity contribution is 5.89. The van der Waals surface area contributed by atoms with Crippen LogP contribution in [0.2, 0.25) is 0 Å². The summed E-state index contributed by atoms with van der Waals surface area (Å²) in [7, 11) is 1.25. The summed E-state index contributed by atoms with van der Waals surface area (Å²) in [6.07, 6.45) is 2.20. The number of hydrogen-bond acceptors (Lipinski definition) is 3. The van der Waals surface area contributed by atoms with Crippen LogP contribution in [0, 0.1) is 5.82 Å². The molecule has 0 unspecified atom stereocenters. The first-order chi connectivity index (χ1) is 9.55. The van der Waals surface area contributed by atoms with Gasteiger partial charge in [-0.1, -0.05) is 13.0 Å². The average molecular weight is 277 g/mol. The third-order valence-electron chi connectivity index (χ3n) is 3.22. The second-order valence-corrected chi connectivity index (χ2v) is 4.63. The first-order valence-electron chi connectivity index (χ1n) is 6.40. The number of benzene rings is 1. The number of halogens is 1. The summed E-state index contributed by atoms with van der Waals surface area (Å²) in [6, 6.07) is 4.22. The van der Waals surface area contributed by atoms with E-state index in [1.165, 1.54) is 13.2 Å². The summed E-state index contributed by atoms with van der Waals surface area (Å²) in [5, 5.41) is 0. The molecular weight excluding hydrogens is 261 g/mol. The van der Waals surface area contributed by atoms with E-state index in [0.717, 1.165) is 11.6 Å². The first kappa shape index (κ1) is 14.2. The fourth-order valence-corrected chi connectivity index (χ4v) is 2.04. The van der Waals surface area contributed by atoms with Gasteiger partial charge in [0.25, 0.3) is 0 Å². The van der Waals surface area contributed by atoms with E-state index in [1.54, 1.807) is 17.0 Å². The Bertz CT molecular complexity index is 572. The molecule has 2 rings (SSSR count). The van der Waals surface area contributed by atoms with Crippen LogP contribution in [0.5, 0.6) is 0 Å². The molecule has 1 aliphatic heterocycles. The Morgan fingerprint density at radius 1 is 1.40 bits per heavy atom. The molecule has 0 atom stereocenters. The fraction of sp³-hybridized carbons (Fsp3) is 0.333. The van der Waals surface area contributed by atoms with Crippen molar-refractivity contribution >= 4 is 18.0 Å². The minimum absolute atomic E-state index is 0.101. The van der Waals surface area contributed by atoms with Crippen LogP contribution >= 0.6 is 0 Å². The molecule has 0 spiro atoms. The Morgan fingerprint density at radius 3 is 2.65 bits per heavy atom. The highest BCUT2D eigenvalue weighted by Gasteiger charge is 2.23. The van der Waals surface area contributed by atoms with Crippen LogP contribution in [-0.2, 0) is 9.53 Å². The zero-order valence-electron chi connectivity index (χ0n) is 11.5. The third kappa shape index (κ3) is 2.87. The van der Waals surface area contributed by atoms with Crippen molar-refractivity contribution in [3.8, 4) is 0 Å². The lowest BCUT2D eigenvalue weighted by molar-refractivity contribution is -0.132. The highest BCUT2D eigenvalue weighted by atomic mass is 19.1. The van der Waals surface area contributed by atoms with E-state index in [-0.39, 0.29) is 11.5 Å². The zero-order chi connectivity index (χ0) is 14.7. The Kier molecular flexibility index (Phi) is 4.17. The number of esters is 1. The molecule has 106 valence electrons. The molecule has 1 saturated heterocycles. The van der Waals surface area contributed by atoms with Crippen LogP contribution in [0.25, 0.3) is 6.08 Å². The van der Waals surface area contributed by atoms with Gasteiger partial charge in [-0.25, -0.2) is 9.18 Å².